The normalized spacial score (nSPS) is 25.8. The van der Waals surface area contributed by atoms with Gasteiger partial charge in [0, 0.05) is 18.8 Å². The quantitative estimate of drug-likeness (QED) is 0.837. The Morgan fingerprint density at radius 2 is 2.38 bits per heavy atom. The monoisotopic (exact) mass is 332 g/mol. The van der Waals surface area contributed by atoms with Crippen molar-refractivity contribution in [3.8, 4) is 0 Å². The van der Waals surface area contributed by atoms with Gasteiger partial charge in [-0.2, -0.15) is 0 Å². The molecule has 0 aliphatic carbocycles. The van der Waals surface area contributed by atoms with Crippen LogP contribution in [-0.4, -0.2) is 29.1 Å². The van der Waals surface area contributed by atoms with Crippen LogP contribution in [0.2, 0.25) is 0 Å². The summed E-state index contributed by atoms with van der Waals surface area (Å²) in [6.45, 7) is 4.04. The van der Waals surface area contributed by atoms with Crippen LogP contribution in [0.25, 0.3) is 0 Å². The van der Waals surface area contributed by atoms with Crippen LogP contribution in [0.3, 0.4) is 0 Å². The summed E-state index contributed by atoms with van der Waals surface area (Å²) in [4.78, 5) is 10.8. The number of halogens is 1. The highest BCUT2D eigenvalue weighted by atomic mass is 127. The van der Waals surface area contributed by atoms with Crippen molar-refractivity contribution in [2.45, 2.75) is 25.8 Å². The molecule has 16 heavy (non-hydrogen) atoms. The predicted molar refractivity (Wildman–Crippen MR) is 73.3 cm³/mol. The molecule has 2 rings (SSSR count). The molecule has 0 radical (unpaired) electrons. The topological polar surface area (TPSA) is 55.0 Å². The van der Waals surface area contributed by atoms with E-state index < -0.39 is 0 Å². The Bertz CT molecular complexity index is 358. The lowest BCUT2D eigenvalue weighted by atomic mass is 9.93. The molecule has 1 aromatic rings. The van der Waals surface area contributed by atoms with Gasteiger partial charge in [0.1, 0.15) is 12.1 Å². The number of rotatable bonds is 2. The van der Waals surface area contributed by atoms with E-state index in [1.54, 1.807) is 6.33 Å². The van der Waals surface area contributed by atoms with Gasteiger partial charge in [0.15, 0.2) is 0 Å². The van der Waals surface area contributed by atoms with Gasteiger partial charge in [-0.25, -0.2) is 9.97 Å². The van der Waals surface area contributed by atoms with Crippen LogP contribution >= 0.6 is 22.6 Å². The number of hydrogen-bond acceptors (Lipinski definition) is 4. The molecule has 0 bridgehead atoms. The summed E-state index contributed by atoms with van der Waals surface area (Å²) >= 11 is 2.29. The smallest absolute Gasteiger partial charge is 0.145 e. The molecule has 0 aromatic carbocycles. The Hall–Kier alpha value is -0.430. The summed E-state index contributed by atoms with van der Waals surface area (Å²) in [5.41, 5.74) is 5.77. The Kier molecular flexibility index (Phi) is 3.96. The zero-order chi connectivity index (χ0) is 11.5. The summed E-state index contributed by atoms with van der Waals surface area (Å²) in [7, 11) is 0. The van der Waals surface area contributed by atoms with Crippen molar-refractivity contribution < 1.29 is 0 Å². The largest absolute Gasteiger partial charge is 0.353 e. The van der Waals surface area contributed by atoms with Crippen molar-refractivity contribution in [3.63, 3.8) is 0 Å². The minimum Gasteiger partial charge on any atom is -0.353 e. The first-order valence-electron chi connectivity index (χ1n) is 5.64. The minimum absolute atomic E-state index is 0.547. The van der Waals surface area contributed by atoms with E-state index in [4.69, 9.17) is 5.73 Å². The van der Waals surface area contributed by atoms with Crippen molar-refractivity contribution in [1.82, 2.24) is 9.97 Å². The molecule has 1 saturated heterocycles. The van der Waals surface area contributed by atoms with Crippen LogP contribution in [0.4, 0.5) is 5.82 Å². The fraction of sp³-hybridized carbons (Fsp3) is 0.636. The molecule has 2 N–H and O–H groups in total. The molecule has 1 aliphatic rings. The lowest BCUT2D eigenvalue weighted by molar-refractivity contribution is 0.371. The standard InChI is InChI=1S/C11H17IN4/c1-8-2-3-9(4-13)6-16(8)11-10(12)5-14-7-15-11/h5,7-9H,2-4,6,13H2,1H3. The van der Waals surface area contributed by atoms with Crippen molar-refractivity contribution in [2.24, 2.45) is 11.7 Å². The number of nitrogens with zero attached hydrogens (tertiary/aromatic N) is 3. The maximum atomic E-state index is 5.77. The van der Waals surface area contributed by atoms with Crippen molar-refractivity contribution >= 4 is 28.4 Å². The second-order valence-corrected chi connectivity index (χ2v) is 5.54. The highest BCUT2D eigenvalue weighted by Crippen LogP contribution is 2.28. The van der Waals surface area contributed by atoms with E-state index in [9.17, 15) is 0 Å². The highest BCUT2D eigenvalue weighted by Gasteiger charge is 2.26. The Morgan fingerprint density at radius 1 is 1.56 bits per heavy atom. The zero-order valence-electron chi connectivity index (χ0n) is 9.43. The third-order valence-electron chi connectivity index (χ3n) is 3.23. The lowest BCUT2D eigenvalue weighted by Gasteiger charge is -2.38. The van der Waals surface area contributed by atoms with Crippen molar-refractivity contribution in [1.29, 1.82) is 0 Å². The summed E-state index contributed by atoms with van der Waals surface area (Å²) < 4.78 is 1.12. The first-order valence-corrected chi connectivity index (χ1v) is 6.72. The maximum absolute atomic E-state index is 5.77. The molecule has 5 heteroatoms. The molecule has 88 valence electrons. The van der Waals surface area contributed by atoms with Gasteiger partial charge in [0.05, 0.1) is 3.57 Å². The fourth-order valence-electron chi connectivity index (χ4n) is 2.19. The first kappa shape index (κ1) is 12.0. The van der Waals surface area contributed by atoms with Crippen LogP contribution in [0.5, 0.6) is 0 Å². The molecule has 1 aliphatic heterocycles. The van der Waals surface area contributed by atoms with Gasteiger partial charge in [-0.3, -0.25) is 0 Å². The molecule has 1 fully saturated rings. The van der Waals surface area contributed by atoms with E-state index in [-0.39, 0.29) is 0 Å². The summed E-state index contributed by atoms with van der Waals surface area (Å²) in [6.07, 6.45) is 5.91. The number of nitrogens with two attached hydrogens (primary N) is 1. The zero-order valence-corrected chi connectivity index (χ0v) is 11.6. The molecule has 2 unspecified atom stereocenters. The van der Waals surface area contributed by atoms with Gasteiger partial charge >= 0.3 is 0 Å². The molecule has 0 spiro atoms. The lowest BCUT2D eigenvalue weighted by Crippen LogP contribution is -2.44. The Morgan fingerprint density at radius 3 is 3.06 bits per heavy atom. The summed E-state index contributed by atoms with van der Waals surface area (Å²) in [5.74, 6) is 1.66. The number of aromatic nitrogens is 2. The molecule has 1 aromatic heterocycles. The van der Waals surface area contributed by atoms with E-state index in [0.717, 1.165) is 22.5 Å². The van der Waals surface area contributed by atoms with Gasteiger partial charge in [0.25, 0.3) is 0 Å². The fourth-order valence-corrected chi connectivity index (χ4v) is 2.80. The molecule has 4 nitrogen and oxygen atoms in total. The molecular formula is C11H17IN4. The molecule has 0 saturated carbocycles. The van der Waals surface area contributed by atoms with Crippen LogP contribution in [-0.2, 0) is 0 Å². The molecule has 2 atom stereocenters. The average Bonchev–Trinajstić information content (AvgIpc) is 2.31. The van der Waals surface area contributed by atoms with Crippen molar-refractivity contribution in [3.05, 3.63) is 16.1 Å². The minimum atomic E-state index is 0.547. The summed E-state index contributed by atoms with van der Waals surface area (Å²) in [6, 6.07) is 0.547. The van der Waals surface area contributed by atoms with Crippen LogP contribution in [0.1, 0.15) is 19.8 Å². The van der Waals surface area contributed by atoms with E-state index in [2.05, 4.69) is 44.4 Å². The predicted octanol–water partition coefficient (Wildman–Crippen LogP) is 1.64. The van der Waals surface area contributed by atoms with E-state index in [1.165, 1.54) is 12.8 Å². The average molecular weight is 332 g/mol. The van der Waals surface area contributed by atoms with Crippen LogP contribution < -0.4 is 10.6 Å². The second kappa shape index (κ2) is 5.27. The van der Waals surface area contributed by atoms with Crippen LogP contribution in [0, 0.1) is 9.49 Å². The van der Waals surface area contributed by atoms with Gasteiger partial charge < -0.3 is 10.6 Å². The first-order chi connectivity index (χ1) is 7.72. The van der Waals surface area contributed by atoms with E-state index in [1.807, 2.05) is 6.20 Å². The maximum Gasteiger partial charge on any atom is 0.145 e. The molecule has 0 amide bonds. The van der Waals surface area contributed by atoms with E-state index in [0.29, 0.717) is 12.0 Å². The molecular weight excluding hydrogens is 315 g/mol. The van der Waals surface area contributed by atoms with Gasteiger partial charge in [0.2, 0.25) is 0 Å². The van der Waals surface area contributed by atoms with Gasteiger partial charge in [-0.1, -0.05) is 0 Å². The third kappa shape index (κ3) is 2.45. The SMILES string of the molecule is CC1CCC(CN)CN1c1ncncc1I. The van der Waals surface area contributed by atoms with Gasteiger partial charge in [-0.05, 0) is 54.8 Å². The molecule has 2 heterocycles. The van der Waals surface area contributed by atoms with Crippen molar-refractivity contribution in [2.75, 3.05) is 18.0 Å². The number of hydrogen-bond donors (Lipinski definition) is 1. The van der Waals surface area contributed by atoms with Crippen LogP contribution in [0.15, 0.2) is 12.5 Å². The number of piperidine rings is 1. The number of anilines is 1. The Balaban J connectivity index is 2.21. The Labute approximate surface area is 110 Å². The van der Waals surface area contributed by atoms with Gasteiger partial charge in [-0.15, -0.1) is 0 Å². The summed E-state index contributed by atoms with van der Waals surface area (Å²) in [5, 5.41) is 0. The second-order valence-electron chi connectivity index (χ2n) is 4.37. The third-order valence-corrected chi connectivity index (χ3v) is 3.99. The highest BCUT2D eigenvalue weighted by molar-refractivity contribution is 14.1. The van der Waals surface area contributed by atoms with E-state index >= 15 is 0 Å².